The third-order valence-corrected chi connectivity index (χ3v) is 5.59. The predicted octanol–water partition coefficient (Wildman–Crippen LogP) is 3.51. The Morgan fingerprint density at radius 1 is 1.08 bits per heavy atom. The molecular weight excluding hydrogens is 324 g/mol. The number of hydrogen-bond donors (Lipinski definition) is 0. The summed E-state index contributed by atoms with van der Waals surface area (Å²) in [6, 6.07) is 8.11. The molecule has 26 heavy (non-hydrogen) atoms. The van der Waals surface area contributed by atoms with E-state index >= 15 is 0 Å². The first-order valence-corrected chi connectivity index (χ1v) is 9.85. The van der Waals surface area contributed by atoms with Crippen LogP contribution in [0, 0.1) is 18.8 Å². The van der Waals surface area contributed by atoms with Crippen LogP contribution in [0.15, 0.2) is 30.3 Å². The van der Waals surface area contributed by atoms with E-state index in [9.17, 15) is 9.59 Å². The highest BCUT2D eigenvalue weighted by atomic mass is 16.2. The molecule has 2 amide bonds. The van der Waals surface area contributed by atoms with Crippen molar-refractivity contribution >= 4 is 17.9 Å². The van der Waals surface area contributed by atoms with E-state index in [2.05, 4.69) is 13.0 Å². The molecule has 4 heteroatoms. The molecule has 0 radical (unpaired) electrons. The highest BCUT2D eigenvalue weighted by Gasteiger charge is 2.31. The fraction of sp³-hybridized carbons (Fsp3) is 0.545. The number of hydrogen-bond acceptors (Lipinski definition) is 2. The first-order chi connectivity index (χ1) is 12.5. The Balaban J connectivity index is 1.50. The maximum absolute atomic E-state index is 12.7. The molecule has 0 spiro atoms. The highest BCUT2D eigenvalue weighted by molar-refractivity contribution is 5.92. The molecule has 2 heterocycles. The second-order valence-electron chi connectivity index (χ2n) is 7.88. The van der Waals surface area contributed by atoms with Crippen LogP contribution < -0.4 is 0 Å². The molecule has 2 aliphatic heterocycles. The third-order valence-electron chi connectivity index (χ3n) is 5.59. The Morgan fingerprint density at radius 2 is 1.85 bits per heavy atom. The van der Waals surface area contributed by atoms with Gasteiger partial charge < -0.3 is 9.80 Å². The monoisotopic (exact) mass is 354 g/mol. The Labute approximate surface area is 156 Å². The molecule has 0 saturated carbocycles. The lowest BCUT2D eigenvalue weighted by molar-refractivity contribution is -0.140. The molecule has 0 aromatic heterocycles. The number of benzene rings is 1. The third kappa shape index (κ3) is 4.75. The topological polar surface area (TPSA) is 40.6 Å². The van der Waals surface area contributed by atoms with Crippen molar-refractivity contribution in [2.24, 2.45) is 11.8 Å². The molecule has 0 bridgehead atoms. The van der Waals surface area contributed by atoms with Crippen LogP contribution >= 0.6 is 0 Å². The van der Waals surface area contributed by atoms with Crippen LogP contribution in [-0.4, -0.2) is 47.8 Å². The maximum atomic E-state index is 12.7. The van der Waals surface area contributed by atoms with Crippen LogP contribution in [0.1, 0.15) is 43.7 Å². The van der Waals surface area contributed by atoms with Crippen LogP contribution in [0.3, 0.4) is 0 Å². The van der Waals surface area contributed by atoms with Gasteiger partial charge in [0.25, 0.3) is 0 Å². The first kappa shape index (κ1) is 18.7. The molecular formula is C22H30N2O2. The Hall–Kier alpha value is -2.10. The fourth-order valence-electron chi connectivity index (χ4n) is 4.04. The predicted molar refractivity (Wildman–Crippen MR) is 104 cm³/mol. The van der Waals surface area contributed by atoms with Gasteiger partial charge in [-0.25, -0.2) is 0 Å². The summed E-state index contributed by atoms with van der Waals surface area (Å²) in [5.74, 6) is 1.05. The minimum Gasteiger partial charge on any atom is -0.342 e. The quantitative estimate of drug-likeness (QED) is 0.780. The van der Waals surface area contributed by atoms with Gasteiger partial charge in [-0.05, 0) is 50.2 Å². The standard InChI is InChI=1S/C22H30N2O2/c1-17-5-3-7-19(15-17)8-9-21(25)23-13-10-20(11-14-23)22(26)24-12-4-6-18(2)16-24/h3,5,7-9,15,18,20H,4,6,10-14,16H2,1-2H3/b9-8-/t18-/m1/s1. The highest BCUT2D eigenvalue weighted by Crippen LogP contribution is 2.23. The van der Waals surface area contributed by atoms with Crippen molar-refractivity contribution in [3.63, 3.8) is 0 Å². The minimum atomic E-state index is 0.0454. The summed E-state index contributed by atoms with van der Waals surface area (Å²) in [4.78, 5) is 29.1. The van der Waals surface area contributed by atoms with E-state index in [-0.39, 0.29) is 11.8 Å². The van der Waals surface area contributed by atoms with Crippen molar-refractivity contribution in [1.82, 2.24) is 9.80 Å². The number of rotatable bonds is 3. The number of carbonyl (C=O) groups is 2. The second kappa shape index (κ2) is 8.52. The molecule has 1 aromatic rings. The zero-order chi connectivity index (χ0) is 18.5. The van der Waals surface area contributed by atoms with Crippen molar-refractivity contribution in [1.29, 1.82) is 0 Å². The SMILES string of the molecule is Cc1cccc(/C=C\C(=O)N2CCC(C(=O)N3CCC[C@@H](C)C3)CC2)c1. The van der Waals surface area contributed by atoms with Gasteiger partial charge in [-0.15, -0.1) is 0 Å². The Bertz CT molecular complexity index is 674. The molecule has 0 N–H and O–H groups in total. The average molecular weight is 354 g/mol. The smallest absolute Gasteiger partial charge is 0.246 e. The van der Waals surface area contributed by atoms with Gasteiger partial charge in [0.05, 0.1) is 0 Å². The molecule has 0 unspecified atom stereocenters. The van der Waals surface area contributed by atoms with Crippen LogP contribution in [0.25, 0.3) is 6.08 Å². The van der Waals surface area contributed by atoms with Gasteiger partial charge in [-0.2, -0.15) is 0 Å². The number of aryl methyl sites for hydroxylation is 1. The molecule has 2 saturated heterocycles. The van der Waals surface area contributed by atoms with Gasteiger partial charge in [-0.3, -0.25) is 9.59 Å². The van der Waals surface area contributed by atoms with Gasteiger partial charge >= 0.3 is 0 Å². The van der Waals surface area contributed by atoms with Crippen LogP contribution in [-0.2, 0) is 9.59 Å². The lowest BCUT2D eigenvalue weighted by atomic mass is 9.92. The van der Waals surface area contributed by atoms with E-state index < -0.39 is 0 Å². The lowest BCUT2D eigenvalue weighted by Gasteiger charge is -2.37. The first-order valence-electron chi connectivity index (χ1n) is 9.85. The number of piperidine rings is 2. The molecule has 0 aliphatic carbocycles. The number of likely N-dealkylation sites (tertiary alicyclic amines) is 2. The zero-order valence-electron chi connectivity index (χ0n) is 16.0. The number of nitrogens with zero attached hydrogens (tertiary/aromatic N) is 2. The summed E-state index contributed by atoms with van der Waals surface area (Å²) in [5.41, 5.74) is 2.23. The fourth-order valence-corrected chi connectivity index (χ4v) is 4.04. The van der Waals surface area contributed by atoms with Crippen LogP contribution in [0.2, 0.25) is 0 Å². The largest absolute Gasteiger partial charge is 0.342 e. The summed E-state index contributed by atoms with van der Waals surface area (Å²) in [6.45, 7) is 7.43. The summed E-state index contributed by atoms with van der Waals surface area (Å²) >= 11 is 0. The van der Waals surface area contributed by atoms with Crippen molar-refractivity contribution in [3.05, 3.63) is 41.5 Å². The van der Waals surface area contributed by atoms with E-state index in [1.807, 2.05) is 41.0 Å². The van der Waals surface area contributed by atoms with Crippen molar-refractivity contribution < 1.29 is 9.59 Å². The number of carbonyl (C=O) groups excluding carboxylic acids is 2. The summed E-state index contributed by atoms with van der Waals surface area (Å²) < 4.78 is 0. The van der Waals surface area contributed by atoms with E-state index in [4.69, 9.17) is 0 Å². The van der Waals surface area contributed by atoms with Crippen molar-refractivity contribution in [2.75, 3.05) is 26.2 Å². The van der Waals surface area contributed by atoms with E-state index in [0.29, 0.717) is 24.9 Å². The normalized spacial score (nSPS) is 22.0. The van der Waals surface area contributed by atoms with Gasteiger partial charge in [0, 0.05) is 38.2 Å². The van der Waals surface area contributed by atoms with Crippen LogP contribution in [0.4, 0.5) is 0 Å². The Morgan fingerprint density at radius 3 is 2.54 bits per heavy atom. The van der Waals surface area contributed by atoms with Gasteiger partial charge in [0.2, 0.25) is 11.8 Å². The van der Waals surface area contributed by atoms with Crippen molar-refractivity contribution in [2.45, 2.75) is 39.5 Å². The lowest BCUT2D eigenvalue weighted by Crippen LogP contribution is -2.46. The Kier molecular flexibility index (Phi) is 6.12. The second-order valence-corrected chi connectivity index (χ2v) is 7.88. The molecule has 1 atom stereocenters. The maximum Gasteiger partial charge on any atom is 0.246 e. The summed E-state index contributed by atoms with van der Waals surface area (Å²) in [6.07, 6.45) is 7.45. The van der Waals surface area contributed by atoms with Gasteiger partial charge in [-0.1, -0.05) is 36.8 Å². The molecule has 3 rings (SSSR count). The van der Waals surface area contributed by atoms with E-state index in [0.717, 1.165) is 37.9 Å². The number of amides is 2. The van der Waals surface area contributed by atoms with Crippen molar-refractivity contribution in [3.8, 4) is 0 Å². The van der Waals surface area contributed by atoms with E-state index in [1.54, 1.807) is 6.08 Å². The summed E-state index contributed by atoms with van der Waals surface area (Å²) in [5, 5.41) is 0. The molecule has 1 aromatic carbocycles. The van der Waals surface area contributed by atoms with Crippen LogP contribution in [0.5, 0.6) is 0 Å². The average Bonchev–Trinajstić information content (AvgIpc) is 2.66. The molecule has 140 valence electrons. The molecule has 2 aliphatic rings. The summed E-state index contributed by atoms with van der Waals surface area (Å²) in [7, 11) is 0. The van der Waals surface area contributed by atoms with Gasteiger partial charge in [0.15, 0.2) is 0 Å². The zero-order valence-corrected chi connectivity index (χ0v) is 16.0. The van der Waals surface area contributed by atoms with E-state index in [1.165, 1.54) is 12.0 Å². The molecule has 4 nitrogen and oxygen atoms in total. The molecule has 2 fully saturated rings. The minimum absolute atomic E-state index is 0.0454. The van der Waals surface area contributed by atoms with Gasteiger partial charge in [0.1, 0.15) is 0 Å².